The molecule has 0 unspecified atom stereocenters. The smallest absolute Gasteiger partial charge is 0.335 e. The van der Waals surface area contributed by atoms with E-state index in [0.717, 1.165) is 4.90 Å². The molecule has 0 spiro atoms. The third-order valence-electron chi connectivity index (χ3n) is 5.10. The Morgan fingerprint density at radius 1 is 0.972 bits per heavy atom. The molecule has 1 aliphatic rings. The van der Waals surface area contributed by atoms with E-state index in [1.54, 1.807) is 12.1 Å². The average Bonchev–Trinajstić information content (AvgIpc) is 2.83. The average molecular weight is 550 g/mol. The third-order valence-corrected chi connectivity index (χ3v) is 6.12. The molecule has 36 heavy (non-hydrogen) atoms. The first-order valence-corrected chi connectivity index (χ1v) is 11.4. The molecule has 11 heteroatoms. The molecule has 0 aromatic heterocycles. The number of benzene rings is 3. The van der Waals surface area contributed by atoms with Gasteiger partial charge in [-0.05, 0) is 59.7 Å². The van der Waals surface area contributed by atoms with Gasteiger partial charge in [0.05, 0.1) is 27.9 Å². The molecule has 4 amide bonds. The van der Waals surface area contributed by atoms with Crippen molar-refractivity contribution in [3.05, 3.63) is 92.2 Å². The minimum Gasteiger partial charge on any atom is -0.493 e. The number of carbonyl (C=O) groups is 3. The topological polar surface area (TPSA) is 84.9 Å². The van der Waals surface area contributed by atoms with Crippen LogP contribution >= 0.6 is 34.8 Å². The summed E-state index contributed by atoms with van der Waals surface area (Å²) in [5.41, 5.74) is 0.710. The standard InChI is InChI=1S/C25H16Cl3FN2O5/c1-35-21-10-14(9-20(28)22(21)36-12-13-3-2-4-15(29)7-13)8-17-23(32)30-25(34)31(24(17)33)16-5-6-18(26)19(27)11-16/h2-11H,12H2,1H3,(H,30,32,34)/b17-8+. The molecule has 184 valence electrons. The van der Waals surface area contributed by atoms with Gasteiger partial charge in [-0.15, -0.1) is 0 Å². The van der Waals surface area contributed by atoms with Gasteiger partial charge < -0.3 is 9.47 Å². The van der Waals surface area contributed by atoms with Crippen LogP contribution in [0, 0.1) is 5.82 Å². The van der Waals surface area contributed by atoms with Gasteiger partial charge in [-0.25, -0.2) is 14.1 Å². The first kappa shape index (κ1) is 25.5. The number of nitrogens with one attached hydrogen (secondary N) is 1. The molecule has 4 rings (SSSR count). The Balaban J connectivity index is 1.65. The summed E-state index contributed by atoms with van der Waals surface area (Å²) >= 11 is 18.3. The van der Waals surface area contributed by atoms with Crippen molar-refractivity contribution in [3.63, 3.8) is 0 Å². The predicted molar refractivity (Wildman–Crippen MR) is 134 cm³/mol. The van der Waals surface area contributed by atoms with Crippen molar-refractivity contribution in [3.8, 4) is 11.5 Å². The molecular formula is C25H16Cl3FN2O5. The van der Waals surface area contributed by atoms with Gasteiger partial charge in [0.2, 0.25) is 0 Å². The van der Waals surface area contributed by atoms with Crippen LogP contribution < -0.4 is 19.7 Å². The summed E-state index contributed by atoms with van der Waals surface area (Å²) in [4.78, 5) is 38.8. The molecule has 0 aliphatic carbocycles. The fourth-order valence-electron chi connectivity index (χ4n) is 3.43. The van der Waals surface area contributed by atoms with Crippen molar-refractivity contribution in [2.45, 2.75) is 6.61 Å². The van der Waals surface area contributed by atoms with Crippen LogP contribution in [-0.2, 0) is 16.2 Å². The van der Waals surface area contributed by atoms with Gasteiger partial charge in [-0.1, -0.05) is 46.9 Å². The summed E-state index contributed by atoms with van der Waals surface area (Å²) in [6.07, 6.45) is 1.26. The second kappa shape index (κ2) is 10.6. The zero-order valence-corrected chi connectivity index (χ0v) is 20.7. The lowest BCUT2D eigenvalue weighted by atomic mass is 10.1. The van der Waals surface area contributed by atoms with Crippen LogP contribution in [0.15, 0.2) is 60.2 Å². The lowest BCUT2D eigenvalue weighted by molar-refractivity contribution is -0.122. The summed E-state index contributed by atoms with van der Waals surface area (Å²) in [5, 5.41) is 2.61. The summed E-state index contributed by atoms with van der Waals surface area (Å²) in [5.74, 6) is -1.75. The van der Waals surface area contributed by atoms with Crippen molar-refractivity contribution in [1.82, 2.24) is 5.32 Å². The highest BCUT2D eigenvalue weighted by Crippen LogP contribution is 2.38. The number of hydrogen-bond donors (Lipinski definition) is 1. The number of anilines is 1. The Bertz CT molecular complexity index is 1430. The molecule has 1 fully saturated rings. The Hall–Kier alpha value is -3.59. The van der Waals surface area contributed by atoms with Crippen molar-refractivity contribution < 1.29 is 28.2 Å². The number of ether oxygens (including phenoxy) is 2. The van der Waals surface area contributed by atoms with Gasteiger partial charge in [0.15, 0.2) is 11.5 Å². The second-order valence-corrected chi connectivity index (χ2v) is 8.73. The first-order chi connectivity index (χ1) is 17.2. The molecule has 1 aliphatic heterocycles. The molecule has 0 radical (unpaired) electrons. The van der Waals surface area contributed by atoms with E-state index in [1.165, 1.54) is 55.7 Å². The molecule has 3 aromatic carbocycles. The maximum Gasteiger partial charge on any atom is 0.335 e. The summed E-state index contributed by atoms with van der Waals surface area (Å²) in [6, 6.07) is 12.1. The van der Waals surface area contributed by atoms with Gasteiger partial charge >= 0.3 is 6.03 Å². The van der Waals surface area contributed by atoms with Crippen LogP contribution in [0.25, 0.3) is 6.08 Å². The molecule has 1 heterocycles. The van der Waals surface area contributed by atoms with Crippen LogP contribution in [0.5, 0.6) is 11.5 Å². The number of hydrogen-bond acceptors (Lipinski definition) is 5. The first-order valence-electron chi connectivity index (χ1n) is 10.3. The number of methoxy groups -OCH3 is 1. The van der Waals surface area contributed by atoms with E-state index in [0.29, 0.717) is 11.1 Å². The van der Waals surface area contributed by atoms with E-state index < -0.39 is 23.7 Å². The van der Waals surface area contributed by atoms with Crippen LogP contribution in [0.4, 0.5) is 14.9 Å². The third kappa shape index (κ3) is 5.31. The Kier molecular flexibility index (Phi) is 7.49. The van der Waals surface area contributed by atoms with E-state index >= 15 is 0 Å². The number of nitrogens with zero attached hydrogens (tertiary/aromatic N) is 1. The fourth-order valence-corrected chi connectivity index (χ4v) is 3.99. The molecular weight excluding hydrogens is 534 g/mol. The van der Waals surface area contributed by atoms with E-state index in [1.807, 2.05) is 0 Å². The normalized spacial score (nSPS) is 14.8. The Labute approximate surface area is 220 Å². The van der Waals surface area contributed by atoms with Crippen molar-refractivity contribution >= 4 is 64.4 Å². The van der Waals surface area contributed by atoms with Crippen LogP contribution in [-0.4, -0.2) is 25.0 Å². The quantitative estimate of drug-likeness (QED) is 0.299. The minimum atomic E-state index is -0.933. The number of carbonyl (C=O) groups excluding carboxylic acids is 3. The predicted octanol–water partition coefficient (Wildman–Crippen LogP) is 6.04. The van der Waals surface area contributed by atoms with Crippen LogP contribution in [0.3, 0.4) is 0 Å². The van der Waals surface area contributed by atoms with Crippen molar-refractivity contribution in [2.24, 2.45) is 0 Å². The second-order valence-electron chi connectivity index (χ2n) is 7.51. The van der Waals surface area contributed by atoms with E-state index in [9.17, 15) is 18.8 Å². The fraction of sp³-hybridized carbons (Fsp3) is 0.0800. The van der Waals surface area contributed by atoms with E-state index in [-0.39, 0.29) is 44.4 Å². The highest BCUT2D eigenvalue weighted by atomic mass is 35.5. The van der Waals surface area contributed by atoms with Gasteiger partial charge in [-0.2, -0.15) is 0 Å². The van der Waals surface area contributed by atoms with E-state index in [2.05, 4.69) is 5.32 Å². The minimum absolute atomic E-state index is 0.0237. The summed E-state index contributed by atoms with van der Waals surface area (Å²) in [6.45, 7) is 0.0237. The monoisotopic (exact) mass is 548 g/mol. The maximum atomic E-state index is 13.4. The Morgan fingerprint density at radius 2 is 1.75 bits per heavy atom. The van der Waals surface area contributed by atoms with Crippen LogP contribution in [0.2, 0.25) is 15.1 Å². The number of imide groups is 2. The van der Waals surface area contributed by atoms with E-state index in [4.69, 9.17) is 44.3 Å². The number of urea groups is 1. The lowest BCUT2D eigenvalue weighted by Crippen LogP contribution is -2.54. The van der Waals surface area contributed by atoms with Gasteiger partial charge in [0, 0.05) is 0 Å². The molecule has 0 atom stereocenters. The number of halogens is 4. The zero-order chi connectivity index (χ0) is 26.0. The summed E-state index contributed by atoms with van der Waals surface area (Å²) in [7, 11) is 1.39. The highest BCUT2D eigenvalue weighted by Gasteiger charge is 2.37. The molecule has 3 aromatic rings. The lowest BCUT2D eigenvalue weighted by Gasteiger charge is -2.26. The molecule has 0 saturated carbocycles. The largest absolute Gasteiger partial charge is 0.493 e. The SMILES string of the molecule is COc1cc(/C=C2\C(=O)NC(=O)N(c3ccc(Cl)c(Cl)c3)C2=O)cc(Cl)c1OCc1cccc(F)c1. The number of rotatable bonds is 6. The molecule has 1 N–H and O–H groups in total. The molecule has 7 nitrogen and oxygen atoms in total. The zero-order valence-electron chi connectivity index (χ0n) is 18.5. The number of amides is 4. The van der Waals surface area contributed by atoms with Crippen molar-refractivity contribution in [1.29, 1.82) is 0 Å². The Morgan fingerprint density at radius 3 is 2.44 bits per heavy atom. The highest BCUT2D eigenvalue weighted by molar-refractivity contribution is 6.43. The van der Waals surface area contributed by atoms with Gasteiger partial charge in [0.25, 0.3) is 11.8 Å². The summed E-state index contributed by atoms with van der Waals surface area (Å²) < 4.78 is 24.5. The molecule has 0 bridgehead atoms. The van der Waals surface area contributed by atoms with Crippen LogP contribution in [0.1, 0.15) is 11.1 Å². The maximum absolute atomic E-state index is 13.4. The van der Waals surface area contributed by atoms with Crippen molar-refractivity contribution in [2.75, 3.05) is 12.0 Å². The van der Waals surface area contributed by atoms with Gasteiger partial charge in [0.1, 0.15) is 18.0 Å². The number of barbiturate groups is 1. The van der Waals surface area contributed by atoms with Gasteiger partial charge in [-0.3, -0.25) is 14.9 Å². The molecule has 1 saturated heterocycles.